The van der Waals surface area contributed by atoms with Gasteiger partial charge in [0.25, 0.3) is 5.69 Å². The van der Waals surface area contributed by atoms with Gasteiger partial charge in [-0.05, 0) is 35.3 Å². The van der Waals surface area contributed by atoms with Gasteiger partial charge in [-0.25, -0.2) is 0 Å². The molecule has 2 rings (SSSR count). The standard InChI is InChI=1S/C28H34N6O7/c1-18(2)26(27(29)38)32-23(35)16-30-28(39)22(15-20-7-5-4-6-8-20)31-24(36)17-33(3)25(37)14-11-19-9-12-21(13-10-19)34(40)41/h4-14,18,22,26H,15-17H2,1-3H3,(H2,29,38)(H,30,39)(H,31,36)(H,32,35)/b14-11+/t22-,26-/m0/s1. The molecular formula is C28H34N6O7. The molecule has 2 atom stereocenters. The Bertz CT molecular complexity index is 1280. The number of hydrogen-bond acceptors (Lipinski definition) is 7. The molecule has 13 nitrogen and oxygen atoms in total. The normalized spacial score (nSPS) is 12.3. The molecule has 218 valence electrons. The van der Waals surface area contributed by atoms with E-state index in [1.54, 1.807) is 44.2 Å². The maximum absolute atomic E-state index is 13.0. The highest BCUT2D eigenvalue weighted by Crippen LogP contribution is 2.13. The van der Waals surface area contributed by atoms with E-state index in [1.165, 1.54) is 43.5 Å². The fourth-order valence-electron chi connectivity index (χ4n) is 3.68. The Balaban J connectivity index is 2.00. The van der Waals surface area contributed by atoms with Gasteiger partial charge in [0.05, 0.1) is 18.0 Å². The number of nitro benzene ring substituents is 1. The minimum Gasteiger partial charge on any atom is -0.368 e. The van der Waals surface area contributed by atoms with E-state index in [4.69, 9.17) is 5.73 Å². The highest BCUT2D eigenvalue weighted by molar-refractivity contribution is 5.96. The van der Waals surface area contributed by atoms with Crippen molar-refractivity contribution in [1.82, 2.24) is 20.9 Å². The first kappa shape index (κ1) is 32.1. The van der Waals surface area contributed by atoms with Gasteiger partial charge >= 0.3 is 0 Å². The van der Waals surface area contributed by atoms with Gasteiger partial charge in [0.1, 0.15) is 12.1 Å². The van der Waals surface area contributed by atoms with Crippen LogP contribution in [-0.2, 0) is 30.4 Å². The van der Waals surface area contributed by atoms with Crippen molar-refractivity contribution >= 4 is 41.3 Å². The lowest BCUT2D eigenvalue weighted by molar-refractivity contribution is -0.384. The summed E-state index contributed by atoms with van der Waals surface area (Å²) in [6, 6.07) is 12.5. The SMILES string of the molecule is CC(C)[C@H](NC(=O)CNC(=O)[C@H](Cc1ccccc1)NC(=O)CN(C)C(=O)/C=C/c1ccc([N+](=O)[O-])cc1)C(N)=O. The first-order valence-corrected chi connectivity index (χ1v) is 12.7. The molecule has 41 heavy (non-hydrogen) atoms. The van der Waals surface area contributed by atoms with Crippen LogP contribution >= 0.6 is 0 Å². The van der Waals surface area contributed by atoms with Crippen molar-refractivity contribution in [3.05, 3.63) is 81.9 Å². The second kappa shape index (κ2) is 15.5. The molecule has 5 N–H and O–H groups in total. The molecule has 13 heteroatoms. The highest BCUT2D eigenvalue weighted by atomic mass is 16.6. The molecule has 0 aliphatic heterocycles. The average molecular weight is 567 g/mol. The lowest BCUT2D eigenvalue weighted by Gasteiger charge is -2.22. The second-order valence-electron chi connectivity index (χ2n) is 9.60. The van der Waals surface area contributed by atoms with Gasteiger partial charge in [0.2, 0.25) is 29.5 Å². The number of rotatable bonds is 14. The molecule has 0 bridgehead atoms. The Hall–Kier alpha value is -5.07. The summed E-state index contributed by atoms with van der Waals surface area (Å²) >= 11 is 0. The summed E-state index contributed by atoms with van der Waals surface area (Å²) in [5.74, 6) is -3.32. The zero-order valence-corrected chi connectivity index (χ0v) is 23.0. The number of carbonyl (C=O) groups excluding carboxylic acids is 5. The fraction of sp³-hybridized carbons (Fsp3) is 0.321. The van der Waals surface area contributed by atoms with Gasteiger partial charge in [-0.3, -0.25) is 34.1 Å². The van der Waals surface area contributed by atoms with Crippen molar-refractivity contribution in [3.8, 4) is 0 Å². The van der Waals surface area contributed by atoms with Gasteiger partial charge < -0.3 is 26.6 Å². The maximum atomic E-state index is 13.0. The summed E-state index contributed by atoms with van der Waals surface area (Å²) in [5.41, 5.74) is 6.54. The third-order valence-electron chi connectivity index (χ3n) is 5.93. The summed E-state index contributed by atoms with van der Waals surface area (Å²) in [6.07, 6.45) is 2.80. The molecule has 0 heterocycles. The minimum atomic E-state index is -1.06. The van der Waals surface area contributed by atoms with Gasteiger partial charge in [-0.1, -0.05) is 44.2 Å². The number of non-ortho nitro benzene ring substituents is 1. The number of likely N-dealkylation sites (N-methyl/N-ethyl adjacent to an activating group) is 1. The van der Waals surface area contributed by atoms with Crippen molar-refractivity contribution in [2.45, 2.75) is 32.4 Å². The summed E-state index contributed by atoms with van der Waals surface area (Å²) in [4.78, 5) is 73.4. The molecule has 2 aromatic rings. The molecule has 5 amide bonds. The first-order valence-electron chi connectivity index (χ1n) is 12.7. The van der Waals surface area contributed by atoms with Crippen molar-refractivity contribution in [2.24, 2.45) is 11.7 Å². The number of nitrogens with zero attached hydrogens (tertiary/aromatic N) is 2. The van der Waals surface area contributed by atoms with Gasteiger partial charge in [-0.15, -0.1) is 0 Å². The quantitative estimate of drug-likeness (QED) is 0.145. The summed E-state index contributed by atoms with van der Waals surface area (Å²) < 4.78 is 0. The van der Waals surface area contributed by atoms with Gasteiger partial charge in [-0.2, -0.15) is 0 Å². The van der Waals surface area contributed by atoms with Crippen LogP contribution in [-0.4, -0.2) is 71.6 Å². The number of hydrogen-bond donors (Lipinski definition) is 4. The molecule has 0 radical (unpaired) electrons. The fourth-order valence-corrected chi connectivity index (χ4v) is 3.68. The van der Waals surface area contributed by atoms with Crippen LogP contribution in [0.1, 0.15) is 25.0 Å². The maximum Gasteiger partial charge on any atom is 0.269 e. The molecule has 0 unspecified atom stereocenters. The van der Waals surface area contributed by atoms with Crippen LogP contribution in [0.4, 0.5) is 5.69 Å². The highest BCUT2D eigenvalue weighted by Gasteiger charge is 2.25. The number of carbonyl (C=O) groups is 5. The molecule has 0 saturated heterocycles. The van der Waals surface area contributed by atoms with Crippen molar-refractivity contribution in [3.63, 3.8) is 0 Å². The number of nitrogens with one attached hydrogen (secondary N) is 3. The smallest absolute Gasteiger partial charge is 0.269 e. The zero-order chi connectivity index (χ0) is 30.5. The third-order valence-corrected chi connectivity index (χ3v) is 5.93. The Morgan fingerprint density at radius 3 is 2.17 bits per heavy atom. The Morgan fingerprint density at radius 2 is 1.61 bits per heavy atom. The van der Waals surface area contributed by atoms with E-state index in [0.29, 0.717) is 5.56 Å². The van der Waals surface area contributed by atoms with E-state index in [1.807, 2.05) is 0 Å². The van der Waals surface area contributed by atoms with E-state index in [0.717, 1.165) is 10.5 Å². The summed E-state index contributed by atoms with van der Waals surface area (Å²) in [7, 11) is 1.41. The van der Waals surface area contributed by atoms with Crippen molar-refractivity contribution < 1.29 is 28.9 Å². The largest absolute Gasteiger partial charge is 0.368 e. The molecule has 0 saturated carbocycles. The zero-order valence-electron chi connectivity index (χ0n) is 23.0. The molecule has 0 spiro atoms. The second-order valence-corrected chi connectivity index (χ2v) is 9.60. The average Bonchev–Trinajstić information content (AvgIpc) is 2.93. The molecule has 0 fully saturated rings. The third kappa shape index (κ3) is 10.9. The number of nitrogens with two attached hydrogens (primary N) is 1. The van der Waals surface area contributed by atoms with Crippen LogP contribution in [0.25, 0.3) is 6.08 Å². The lowest BCUT2D eigenvalue weighted by atomic mass is 10.0. The van der Waals surface area contributed by atoms with E-state index in [9.17, 15) is 34.1 Å². The van der Waals surface area contributed by atoms with Crippen LogP contribution in [0.15, 0.2) is 60.7 Å². The van der Waals surface area contributed by atoms with E-state index in [2.05, 4.69) is 16.0 Å². The predicted molar refractivity (Wildman–Crippen MR) is 151 cm³/mol. The number of benzene rings is 2. The number of nitro groups is 1. The predicted octanol–water partition coefficient (Wildman–Crippen LogP) is 0.536. The Morgan fingerprint density at radius 1 is 0.976 bits per heavy atom. The van der Waals surface area contributed by atoms with Crippen LogP contribution in [0.5, 0.6) is 0 Å². The molecule has 0 aromatic heterocycles. The minimum absolute atomic E-state index is 0.0811. The Kier molecular flexibility index (Phi) is 12.2. The van der Waals surface area contributed by atoms with E-state index >= 15 is 0 Å². The van der Waals surface area contributed by atoms with Gasteiger partial charge in [0.15, 0.2) is 0 Å². The van der Waals surface area contributed by atoms with Gasteiger partial charge in [0, 0.05) is 31.7 Å². The topological polar surface area (TPSA) is 194 Å². The Labute approximate surface area is 237 Å². The van der Waals surface area contributed by atoms with Crippen molar-refractivity contribution in [1.29, 1.82) is 0 Å². The number of amides is 5. The van der Waals surface area contributed by atoms with Crippen LogP contribution in [0, 0.1) is 16.0 Å². The monoisotopic (exact) mass is 566 g/mol. The molecule has 0 aliphatic rings. The van der Waals surface area contributed by atoms with E-state index < -0.39 is 53.1 Å². The molecule has 2 aromatic carbocycles. The van der Waals surface area contributed by atoms with Crippen LogP contribution < -0.4 is 21.7 Å². The van der Waals surface area contributed by atoms with Crippen LogP contribution in [0.2, 0.25) is 0 Å². The summed E-state index contributed by atoms with van der Waals surface area (Å²) in [5, 5.41) is 18.3. The van der Waals surface area contributed by atoms with Crippen molar-refractivity contribution in [2.75, 3.05) is 20.1 Å². The summed E-state index contributed by atoms with van der Waals surface area (Å²) in [6.45, 7) is 2.62. The van der Waals surface area contributed by atoms with E-state index in [-0.39, 0.29) is 24.6 Å². The molecular weight excluding hydrogens is 532 g/mol. The molecule has 0 aliphatic carbocycles. The first-order chi connectivity index (χ1) is 19.4. The lowest BCUT2D eigenvalue weighted by Crippen LogP contribution is -2.54. The van der Waals surface area contributed by atoms with Crippen LogP contribution in [0.3, 0.4) is 0 Å². The number of primary amides is 1.